The molecule has 1 aromatic rings. The van der Waals surface area contributed by atoms with Crippen LogP contribution in [0.15, 0.2) is 11.0 Å². The fraction of sp³-hybridized carbons (Fsp3) is 0.556. The van der Waals surface area contributed by atoms with Crippen molar-refractivity contribution < 1.29 is 8.42 Å². The molecule has 2 heterocycles. The standard InChI is InChI=1S/C9H12Cl2N2O2S2.ClH/c10-8-4-7(9(11)16-8)17(14,15)13-6-2-1-3-12-5-6;/h4,6,12-13H,1-3,5H2;1H/t6-;/m0./s1. The fourth-order valence-electron chi connectivity index (χ4n) is 1.74. The molecule has 1 atom stereocenters. The molecule has 104 valence electrons. The van der Waals surface area contributed by atoms with Gasteiger partial charge < -0.3 is 5.32 Å². The predicted molar refractivity (Wildman–Crippen MR) is 77.8 cm³/mol. The molecule has 0 amide bonds. The summed E-state index contributed by atoms with van der Waals surface area (Å²) in [4.78, 5) is 0.0692. The summed E-state index contributed by atoms with van der Waals surface area (Å²) >= 11 is 12.6. The maximum atomic E-state index is 12.1. The normalized spacial score (nSPS) is 20.4. The molecule has 2 rings (SSSR count). The summed E-state index contributed by atoms with van der Waals surface area (Å²) in [6.07, 6.45) is 1.80. The number of rotatable bonds is 3. The van der Waals surface area contributed by atoms with Crippen LogP contribution < -0.4 is 10.0 Å². The molecular formula is C9H13Cl3N2O2S2. The second kappa shape index (κ2) is 6.74. The van der Waals surface area contributed by atoms with E-state index in [9.17, 15) is 8.42 Å². The van der Waals surface area contributed by atoms with E-state index in [1.165, 1.54) is 6.07 Å². The van der Waals surface area contributed by atoms with Crippen molar-refractivity contribution in [3.8, 4) is 0 Å². The van der Waals surface area contributed by atoms with Gasteiger partial charge in [0.1, 0.15) is 9.23 Å². The molecule has 18 heavy (non-hydrogen) atoms. The van der Waals surface area contributed by atoms with Crippen molar-refractivity contribution in [3.05, 3.63) is 14.7 Å². The lowest BCUT2D eigenvalue weighted by Gasteiger charge is -2.23. The van der Waals surface area contributed by atoms with E-state index in [1.807, 2.05) is 0 Å². The lowest BCUT2D eigenvalue weighted by atomic mass is 10.1. The Hall–Kier alpha value is 0.440. The molecule has 0 spiro atoms. The second-order valence-corrected chi connectivity index (χ2v) is 7.82. The SMILES string of the molecule is Cl.O=S(=O)(N[C@H]1CCCNC1)c1cc(Cl)sc1Cl. The van der Waals surface area contributed by atoms with Crippen LogP contribution in [0.4, 0.5) is 0 Å². The summed E-state index contributed by atoms with van der Waals surface area (Å²) in [7, 11) is -3.57. The first-order valence-electron chi connectivity index (χ1n) is 5.17. The van der Waals surface area contributed by atoms with Crippen molar-refractivity contribution in [2.45, 2.75) is 23.8 Å². The molecule has 9 heteroatoms. The van der Waals surface area contributed by atoms with E-state index in [1.54, 1.807) is 0 Å². The average molecular weight is 352 g/mol. The van der Waals surface area contributed by atoms with Crippen LogP contribution in [0, 0.1) is 0 Å². The van der Waals surface area contributed by atoms with Gasteiger partial charge in [0.15, 0.2) is 0 Å². The summed E-state index contributed by atoms with van der Waals surface area (Å²) in [5.74, 6) is 0. The molecule has 0 radical (unpaired) electrons. The topological polar surface area (TPSA) is 58.2 Å². The third kappa shape index (κ3) is 3.96. The molecule has 0 bridgehead atoms. The van der Waals surface area contributed by atoms with Gasteiger partial charge in [-0.1, -0.05) is 23.2 Å². The van der Waals surface area contributed by atoms with Gasteiger partial charge >= 0.3 is 0 Å². The van der Waals surface area contributed by atoms with E-state index in [0.29, 0.717) is 10.9 Å². The van der Waals surface area contributed by atoms with Crippen LogP contribution >= 0.6 is 46.9 Å². The summed E-state index contributed by atoms with van der Waals surface area (Å²) in [6.45, 7) is 1.58. The molecule has 0 unspecified atom stereocenters. The minimum absolute atomic E-state index is 0. The molecule has 1 aliphatic heterocycles. The first-order chi connectivity index (χ1) is 7.99. The molecule has 1 aromatic heterocycles. The Balaban J connectivity index is 0.00000162. The maximum Gasteiger partial charge on any atom is 0.243 e. The first kappa shape index (κ1) is 16.5. The highest BCUT2D eigenvalue weighted by Crippen LogP contribution is 2.34. The number of piperidine rings is 1. The van der Waals surface area contributed by atoms with Crippen molar-refractivity contribution in [1.82, 2.24) is 10.0 Å². The highest BCUT2D eigenvalue weighted by Gasteiger charge is 2.25. The van der Waals surface area contributed by atoms with Gasteiger partial charge in [-0.25, -0.2) is 13.1 Å². The van der Waals surface area contributed by atoms with Gasteiger partial charge in [0, 0.05) is 12.6 Å². The van der Waals surface area contributed by atoms with Crippen molar-refractivity contribution in [1.29, 1.82) is 0 Å². The number of hydrogen-bond acceptors (Lipinski definition) is 4. The summed E-state index contributed by atoms with van der Waals surface area (Å²) in [5, 5.41) is 3.15. The molecule has 1 fully saturated rings. The third-order valence-electron chi connectivity index (χ3n) is 2.53. The molecule has 4 nitrogen and oxygen atoms in total. The Morgan fingerprint density at radius 3 is 2.67 bits per heavy atom. The Bertz CT molecular complexity index is 498. The fourth-order valence-corrected chi connectivity index (χ4v) is 5.16. The molecule has 0 saturated carbocycles. The minimum atomic E-state index is -3.57. The quantitative estimate of drug-likeness (QED) is 0.879. The van der Waals surface area contributed by atoms with Crippen molar-refractivity contribution in [3.63, 3.8) is 0 Å². The van der Waals surface area contributed by atoms with Gasteiger partial charge in [0.05, 0.1) is 4.34 Å². The number of nitrogens with one attached hydrogen (secondary N) is 2. The lowest BCUT2D eigenvalue weighted by molar-refractivity contribution is 0.429. The summed E-state index contributed by atoms with van der Waals surface area (Å²) in [6, 6.07) is 1.30. The monoisotopic (exact) mass is 350 g/mol. The molecule has 1 aliphatic rings. The molecule has 2 N–H and O–H groups in total. The van der Waals surface area contributed by atoms with Crippen molar-refractivity contribution in [2.24, 2.45) is 0 Å². The van der Waals surface area contributed by atoms with Gasteiger partial charge in [-0.2, -0.15) is 0 Å². The zero-order chi connectivity index (χ0) is 12.5. The Morgan fingerprint density at radius 1 is 1.44 bits per heavy atom. The Labute approximate surface area is 127 Å². The predicted octanol–water partition coefficient (Wildman–Crippen LogP) is 2.51. The lowest BCUT2D eigenvalue weighted by Crippen LogP contribution is -2.45. The highest BCUT2D eigenvalue weighted by atomic mass is 35.5. The Morgan fingerprint density at radius 2 is 2.17 bits per heavy atom. The van der Waals surface area contributed by atoms with Crippen LogP contribution in [-0.2, 0) is 10.0 Å². The van der Waals surface area contributed by atoms with E-state index >= 15 is 0 Å². The smallest absolute Gasteiger partial charge is 0.243 e. The Kier molecular flexibility index (Phi) is 6.18. The zero-order valence-electron chi connectivity index (χ0n) is 9.28. The maximum absolute atomic E-state index is 12.1. The van der Waals surface area contributed by atoms with E-state index in [4.69, 9.17) is 23.2 Å². The zero-order valence-corrected chi connectivity index (χ0v) is 13.2. The minimum Gasteiger partial charge on any atom is -0.315 e. The summed E-state index contributed by atoms with van der Waals surface area (Å²) < 4.78 is 27.3. The van der Waals surface area contributed by atoms with Crippen LogP contribution in [0.5, 0.6) is 0 Å². The largest absolute Gasteiger partial charge is 0.315 e. The van der Waals surface area contributed by atoms with Crippen LogP contribution in [0.25, 0.3) is 0 Å². The van der Waals surface area contributed by atoms with Gasteiger partial charge in [-0.05, 0) is 25.5 Å². The summed E-state index contributed by atoms with van der Waals surface area (Å²) in [5.41, 5.74) is 0. The van der Waals surface area contributed by atoms with Crippen LogP contribution in [-0.4, -0.2) is 27.5 Å². The van der Waals surface area contributed by atoms with Crippen LogP contribution in [0.1, 0.15) is 12.8 Å². The van der Waals surface area contributed by atoms with Gasteiger partial charge in [-0.15, -0.1) is 23.7 Å². The molecule has 1 saturated heterocycles. The second-order valence-electron chi connectivity index (χ2n) is 3.85. The number of thiophene rings is 1. The number of halogens is 3. The van der Waals surface area contributed by atoms with Crippen LogP contribution in [0.3, 0.4) is 0 Å². The van der Waals surface area contributed by atoms with E-state index in [0.717, 1.165) is 30.7 Å². The van der Waals surface area contributed by atoms with Gasteiger partial charge in [0.2, 0.25) is 10.0 Å². The number of sulfonamides is 1. The van der Waals surface area contributed by atoms with E-state index in [2.05, 4.69) is 10.0 Å². The molecular weight excluding hydrogens is 339 g/mol. The number of hydrogen-bond donors (Lipinski definition) is 2. The molecule has 0 aliphatic carbocycles. The molecule has 0 aromatic carbocycles. The van der Waals surface area contributed by atoms with Crippen molar-refractivity contribution in [2.75, 3.05) is 13.1 Å². The van der Waals surface area contributed by atoms with Gasteiger partial charge in [-0.3, -0.25) is 0 Å². The first-order valence-corrected chi connectivity index (χ1v) is 8.22. The van der Waals surface area contributed by atoms with Gasteiger partial charge in [0.25, 0.3) is 0 Å². The van der Waals surface area contributed by atoms with E-state index < -0.39 is 10.0 Å². The van der Waals surface area contributed by atoms with Crippen LogP contribution in [0.2, 0.25) is 8.67 Å². The van der Waals surface area contributed by atoms with E-state index in [-0.39, 0.29) is 27.7 Å². The highest BCUT2D eigenvalue weighted by molar-refractivity contribution is 7.89. The average Bonchev–Trinajstić information content (AvgIpc) is 2.59. The third-order valence-corrected chi connectivity index (χ3v) is 5.81. The van der Waals surface area contributed by atoms with Crippen molar-refractivity contribution >= 4 is 57.0 Å².